The van der Waals surface area contributed by atoms with Crippen LogP contribution in [0.3, 0.4) is 0 Å². The summed E-state index contributed by atoms with van der Waals surface area (Å²) in [7, 11) is 0. The molecule has 3 rings (SSSR count). The molecule has 2 aromatic carbocycles. The van der Waals surface area contributed by atoms with Gasteiger partial charge in [-0.05, 0) is 44.0 Å². The monoisotopic (exact) mass is 407 g/mol. The van der Waals surface area contributed by atoms with Gasteiger partial charge in [-0.1, -0.05) is 29.5 Å². The van der Waals surface area contributed by atoms with Gasteiger partial charge in [0.1, 0.15) is 0 Å². The SMILES string of the molecule is Cc1ccc(Sc2ccc(C(=O)N3CCCC3CN)cc2[N+](=O)[O-])cc1.Cl. The highest BCUT2D eigenvalue weighted by molar-refractivity contribution is 7.99. The fourth-order valence-corrected chi connectivity index (χ4v) is 4.03. The Labute approximate surface area is 168 Å². The van der Waals surface area contributed by atoms with E-state index in [2.05, 4.69) is 0 Å². The van der Waals surface area contributed by atoms with E-state index in [4.69, 9.17) is 5.73 Å². The molecule has 0 spiro atoms. The van der Waals surface area contributed by atoms with E-state index in [-0.39, 0.29) is 30.0 Å². The number of likely N-dealkylation sites (tertiary alicyclic amines) is 1. The van der Waals surface area contributed by atoms with Crippen molar-refractivity contribution in [2.24, 2.45) is 5.73 Å². The maximum absolute atomic E-state index is 12.7. The van der Waals surface area contributed by atoms with Crippen LogP contribution in [0.1, 0.15) is 28.8 Å². The predicted molar refractivity (Wildman–Crippen MR) is 109 cm³/mol. The highest BCUT2D eigenvalue weighted by Gasteiger charge is 2.29. The van der Waals surface area contributed by atoms with Crippen molar-refractivity contribution in [3.8, 4) is 0 Å². The summed E-state index contributed by atoms with van der Waals surface area (Å²) in [6, 6.07) is 12.5. The summed E-state index contributed by atoms with van der Waals surface area (Å²) in [5, 5.41) is 11.5. The number of carbonyl (C=O) groups is 1. The van der Waals surface area contributed by atoms with E-state index in [0.29, 0.717) is 23.5 Å². The second kappa shape index (κ2) is 9.21. The molecule has 2 N–H and O–H groups in total. The molecule has 2 aromatic rings. The standard InChI is InChI=1S/C19H21N3O3S.ClH/c1-13-4-7-16(8-5-13)26-18-9-6-14(11-17(18)22(24)25)19(23)21-10-2-3-15(21)12-20;/h4-9,11,15H,2-3,10,12,20H2,1H3;1H. The average molecular weight is 408 g/mol. The van der Waals surface area contributed by atoms with Gasteiger partial charge in [0.05, 0.1) is 9.82 Å². The van der Waals surface area contributed by atoms with E-state index in [1.807, 2.05) is 31.2 Å². The molecule has 1 saturated heterocycles. The van der Waals surface area contributed by atoms with Gasteiger partial charge < -0.3 is 10.6 Å². The molecule has 6 nitrogen and oxygen atoms in total. The zero-order valence-corrected chi connectivity index (χ0v) is 16.6. The van der Waals surface area contributed by atoms with Crippen molar-refractivity contribution in [3.63, 3.8) is 0 Å². The minimum atomic E-state index is -0.433. The molecule has 0 saturated carbocycles. The Kier molecular flexibility index (Phi) is 7.24. The lowest BCUT2D eigenvalue weighted by molar-refractivity contribution is -0.387. The van der Waals surface area contributed by atoms with E-state index in [9.17, 15) is 14.9 Å². The molecule has 0 aromatic heterocycles. The number of nitro groups is 1. The van der Waals surface area contributed by atoms with Gasteiger partial charge in [-0.3, -0.25) is 14.9 Å². The van der Waals surface area contributed by atoms with E-state index >= 15 is 0 Å². The summed E-state index contributed by atoms with van der Waals surface area (Å²) >= 11 is 1.32. The average Bonchev–Trinajstić information content (AvgIpc) is 3.12. The van der Waals surface area contributed by atoms with Crippen molar-refractivity contribution < 1.29 is 9.72 Å². The smallest absolute Gasteiger partial charge is 0.284 e. The number of aryl methyl sites for hydroxylation is 1. The number of hydrogen-bond donors (Lipinski definition) is 1. The molecule has 27 heavy (non-hydrogen) atoms. The largest absolute Gasteiger partial charge is 0.334 e. The number of rotatable bonds is 5. The lowest BCUT2D eigenvalue weighted by Gasteiger charge is -2.23. The minimum Gasteiger partial charge on any atom is -0.334 e. The predicted octanol–water partition coefficient (Wildman–Crippen LogP) is 4.04. The maximum atomic E-state index is 12.7. The Bertz CT molecular complexity index is 829. The number of carbonyl (C=O) groups excluding carboxylic acids is 1. The summed E-state index contributed by atoms with van der Waals surface area (Å²) in [4.78, 5) is 27.0. The quantitative estimate of drug-likeness (QED) is 0.596. The third kappa shape index (κ3) is 4.80. The van der Waals surface area contributed by atoms with Crippen molar-refractivity contribution in [2.75, 3.05) is 13.1 Å². The molecule has 0 aliphatic carbocycles. The normalized spacial score (nSPS) is 16.1. The summed E-state index contributed by atoms with van der Waals surface area (Å²) < 4.78 is 0. The number of halogens is 1. The van der Waals surface area contributed by atoms with Crippen LogP contribution in [0.15, 0.2) is 52.3 Å². The summed E-state index contributed by atoms with van der Waals surface area (Å²) in [5.41, 5.74) is 7.15. The zero-order valence-electron chi connectivity index (χ0n) is 15.0. The Morgan fingerprint density at radius 1 is 1.30 bits per heavy atom. The van der Waals surface area contributed by atoms with Gasteiger partial charge in [0, 0.05) is 35.7 Å². The fourth-order valence-electron chi connectivity index (χ4n) is 3.13. The van der Waals surface area contributed by atoms with Crippen LogP contribution in [0.4, 0.5) is 5.69 Å². The van der Waals surface area contributed by atoms with Crippen LogP contribution in [0.25, 0.3) is 0 Å². The van der Waals surface area contributed by atoms with Gasteiger partial charge in [0.15, 0.2) is 0 Å². The van der Waals surface area contributed by atoms with Gasteiger partial charge in [0.25, 0.3) is 11.6 Å². The Morgan fingerprint density at radius 3 is 2.63 bits per heavy atom. The van der Waals surface area contributed by atoms with Crippen LogP contribution in [0.2, 0.25) is 0 Å². The number of nitrogens with zero attached hydrogens (tertiary/aromatic N) is 2. The van der Waals surface area contributed by atoms with Gasteiger partial charge in [-0.2, -0.15) is 0 Å². The summed E-state index contributed by atoms with van der Waals surface area (Å²) in [5.74, 6) is -0.187. The van der Waals surface area contributed by atoms with Crippen LogP contribution in [0, 0.1) is 17.0 Å². The van der Waals surface area contributed by atoms with Crippen LogP contribution >= 0.6 is 24.2 Å². The molecule has 1 aliphatic rings. The third-order valence-corrected chi connectivity index (χ3v) is 5.63. The molecule has 0 bridgehead atoms. The molecule has 8 heteroatoms. The van der Waals surface area contributed by atoms with Gasteiger partial charge in [-0.15, -0.1) is 12.4 Å². The van der Waals surface area contributed by atoms with E-state index in [1.54, 1.807) is 17.0 Å². The first-order valence-corrected chi connectivity index (χ1v) is 9.35. The second-order valence-electron chi connectivity index (χ2n) is 6.39. The van der Waals surface area contributed by atoms with E-state index < -0.39 is 4.92 Å². The van der Waals surface area contributed by atoms with Crippen molar-refractivity contribution in [2.45, 2.75) is 35.6 Å². The minimum absolute atomic E-state index is 0. The molecular weight excluding hydrogens is 386 g/mol. The van der Waals surface area contributed by atoms with Crippen LogP contribution in [0.5, 0.6) is 0 Å². The van der Waals surface area contributed by atoms with Gasteiger partial charge in [-0.25, -0.2) is 0 Å². The third-order valence-electron chi connectivity index (χ3n) is 4.56. The Morgan fingerprint density at radius 2 is 2.00 bits per heavy atom. The first-order chi connectivity index (χ1) is 12.5. The molecule has 144 valence electrons. The first-order valence-electron chi connectivity index (χ1n) is 8.53. The lowest BCUT2D eigenvalue weighted by atomic mass is 10.1. The molecule has 1 heterocycles. The van der Waals surface area contributed by atoms with Crippen molar-refractivity contribution in [3.05, 3.63) is 63.7 Å². The molecule has 1 amide bonds. The molecule has 0 radical (unpaired) electrons. The number of amides is 1. The van der Waals surface area contributed by atoms with Gasteiger partial charge in [0.2, 0.25) is 0 Å². The lowest BCUT2D eigenvalue weighted by Crippen LogP contribution is -2.39. The number of nitro benzene ring substituents is 1. The summed E-state index contributed by atoms with van der Waals surface area (Å²) in [6.45, 7) is 3.05. The number of nitrogens with two attached hydrogens (primary N) is 1. The fraction of sp³-hybridized carbons (Fsp3) is 0.316. The van der Waals surface area contributed by atoms with Crippen LogP contribution in [-0.4, -0.2) is 34.9 Å². The Balaban J connectivity index is 0.00000261. The molecule has 1 atom stereocenters. The van der Waals surface area contributed by atoms with Crippen LogP contribution in [-0.2, 0) is 0 Å². The molecule has 1 aliphatic heterocycles. The zero-order chi connectivity index (χ0) is 18.7. The first kappa shape index (κ1) is 21.2. The topological polar surface area (TPSA) is 89.5 Å². The maximum Gasteiger partial charge on any atom is 0.284 e. The van der Waals surface area contributed by atoms with E-state index in [1.165, 1.54) is 17.8 Å². The number of benzene rings is 2. The summed E-state index contributed by atoms with van der Waals surface area (Å²) in [6.07, 6.45) is 1.79. The molecule has 1 unspecified atom stereocenters. The Hall–Kier alpha value is -2.09. The van der Waals surface area contributed by atoms with E-state index in [0.717, 1.165) is 23.3 Å². The highest BCUT2D eigenvalue weighted by Crippen LogP contribution is 2.36. The second-order valence-corrected chi connectivity index (χ2v) is 7.50. The van der Waals surface area contributed by atoms with Crippen molar-refractivity contribution in [1.82, 2.24) is 4.90 Å². The van der Waals surface area contributed by atoms with Crippen molar-refractivity contribution >= 4 is 35.8 Å². The van der Waals surface area contributed by atoms with Crippen LogP contribution < -0.4 is 5.73 Å². The van der Waals surface area contributed by atoms with Crippen molar-refractivity contribution in [1.29, 1.82) is 0 Å². The molecular formula is C19H22ClN3O3S. The van der Waals surface area contributed by atoms with Gasteiger partial charge >= 0.3 is 0 Å². The number of hydrogen-bond acceptors (Lipinski definition) is 5. The molecule has 1 fully saturated rings. The highest BCUT2D eigenvalue weighted by atomic mass is 35.5.